The lowest BCUT2D eigenvalue weighted by Gasteiger charge is -2.16. The summed E-state index contributed by atoms with van der Waals surface area (Å²) in [4.78, 5) is 0.271. The summed E-state index contributed by atoms with van der Waals surface area (Å²) in [6.07, 6.45) is 0.922. The Labute approximate surface area is 110 Å². The normalized spacial score (nSPS) is 21.9. The molecule has 0 radical (unpaired) electrons. The van der Waals surface area contributed by atoms with Crippen molar-refractivity contribution in [3.8, 4) is 0 Å². The van der Waals surface area contributed by atoms with E-state index in [4.69, 9.17) is 5.73 Å². The zero-order valence-corrected chi connectivity index (χ0v) is 12.0. The second-order valence-corrected chi connectivity index (χ2v) is 7.23. The lowest BCUT2D eigenvalue weighted by Crippen LogP contribution is -2.28. The van der Waals surface area contributed by atoms with Crippen LogP contribution in [0.3, 0.4) is 0 Å². The third kappa shape index (κ3) is 2.48. The summed E-state index contributed by atoms with van der Waals surface area (Å²) in [7, 11) is -3.38. The van der Waals surface area contributed by atoms with Crippen LogP contribution in [-0.4, -0.2) is 25.8 Å². The molecule has 1 aliphatic heterocycles. The van der Waals surface area contributed by atoms with E-state index in [0.29, 0.717) is 29.2 Å². The summed E-state index contributed by atoms with van der Waals surface area (Å²) in [6.45, 7) is 3.25. The summed E-state index contributed by atoms with van der Waals surface area (Å²) >= 11 is 3.26. The summed E-state index contributed by atoms with van der Waals surface area (Å²) in [6, 6.07) is 4.75. The zero-order valence-electron chi connectivity index (χ0n) is 9.56. The molecule has 4 nitrogen and oxygen atoms in total. The Hall–Kier alpha value is -0.590. The standard InChI is InChI=1S/C11H15BrN2O2S/c1-8-4-5-14(7-8)17(15,16)9-2-3-10(12)11(13)6-9/h2-3,6,8H,4-5,7,13H2,1H3. The number of hydrogen-bond donors (Lipinski definition) is 1. The van der Waals surface area contributed by atoms with Crippen molar-refractivity contribution < 1.29 is 8.42 Å². The van der Waals surface area contributed by atoms with Crippen LogP contribution in [-0.2, 0) is 10.0 Å². The van der Waals surface area contributed by atoms with Gasteiger partial charge in [-0.05, 0) is 46.5 Å². The summed E-state index contributed by atoms with van der Waals surface area (Å²) in [5, 5.41) is 0. The Bertz CT molecular complexity index is 530. The molecule has 0 saturated carbocycles. The second kappa shape index (κ2) is 4.59. The van der Waals surface area contributed by atoms with Crippen molar-refractivity contribution in [3.05, 3.63) is 22.7 Å². The maximum absolute atomic E-state index is 12.3. The van der Waals surface area contributed by atoms with Gasteiger partial charge in [-0.2, -0.15) is 4.31 Å². The zero-order chi connectivity index (χ0) is 12.6. The molecule has 0 aliphatic carbocycles. The Morgan fingerprint density at radius 3 is 2.71 bits per heavy atom. The van der Waals surface area contributed by atoms with Crippen LogP contribution in [0.5, 0.6) is 0 Å². The van der Waals surface area contributed by atoms with E-state index < -0.39 is 10.0 Å². The topological polar surface area (TPSA) is 63.4 Å². The van der Waals surface area contributed by atoms with Crippen LogP contribution in [0.1, 0.15) is 13.3 Å². The van der Waals surface area contributed by atoms with Gasteiger partial charge in [-0.25, -0.2) is 8.42 Å². The fraction of sp³-hybridized carbons (Fsp3) is 0.455. The predicted molar refractivity (Wildman–Crippen MR) is 71.1 cm³/mol. The van der Waals surface area contributed by atoms with E-state index in [9.17, 15) is 8.42 Å². The molecule has 1 saturated heterocycles. The molecule has 1 atom stereocenters. The third-order valence-corrected chi connectivity index (χ3v) is 5.58. The summed E-state index contributed by atoms with van der Waals surface area (Å²) in [5.41, 5.74) is 6.16. The Morgan fingerprint density at radius 2 is 2.18 bits per heavy atom. The highest BCUT2D eigenvalue weighted by Gasteiger charge is 2.30. The van der Waals surface area contributed by atoms with Crippen LogP contribution >= 0.6 is 15.9 Å². The minimum atomic E-state index is -3.38. The monoisotopic (exact) mass is 318 g/mol. The smallest absolute Gasteiger partial charge is 0.243 e. The molecule has 1 aromatic rings. The molecule has 6 heteroatoms. The molecule has 17 heavy (non-hydrogen) atoms. The van der Waals surface area contributed by atoms with Crippen LogP contribution in [0.4, 0.5) is 5.69 Å². The minimum Gasteiger partial charge on any atom is -0.398 e. The number of rotatable bonds is 2. The first-order chi connectivity index (χ1) is 7.91. The van der Waals surface area contributed by atoms with E-state index in [1.54, 1.807) is 12.1 Å². The number of sulfonamides is 1. The largest absolute Gasteiger partial charge is 0.398 e. The molecule has 0 bridgehead atoms. The second-order valence-electron chi connectivity index (χ2n) is 4.44. The van der Waals surface area contributed by atoms with Gasteiger partial charge in [-0.15, -0.1) is 0 Å². The van der Waals surface area contributed by atoms with E-state index in [2.05, 4.69) is 22.9 Å². The van der Waals surface area contributed by atoms with Crippen molar-refractivity contribution in [1.82, 2.24) is 4.31 Å². The van der Waals surface area contributed by atoms with Crippen molar-refractivity contribution in [1.29, 1.82) is 0 Å². The average molecular weight is 319 g/mol. The molecule has 1 heterocycles. The van der Waals surface area contributed by atoms with Gasteiger partial charge in [0.2, 0.25) is 10.0 Å². The molecule has 0 aromatic heterocycles. The number of hydrogen-bond acceptors (Lipinski definition) is 3. The van der Waals surface area contributed by atoms with E-state index in [-0.39, 0.29) is 4.90 Å². The fourth-order valence-electron chi connectivity index (χ4n) is 1.94. The van der Waals surface area contributed by atoms with Gasteiger partial charge in [0.05, 0.1) is 4.90 Å². The van der Waals surface area contributed by atoms with Gasteiger partial charge in [0, 0.05) is 23.2 Å². The van der Waals surface area contributed by atoms with Gasteiger partial charge in [0.15, 0.2) is 0 Å². The van der Waals surface area contributed by atoms with Crippen molar-refractivity contribution in [2.45, 2.75) is 18.2 Å². The lowest BCUT2D eigenvalue weighted by atomic mass is 10.2. The molecular weight excluding hydrogens is 304 g/mol. The van der Waals surface area contributed by atoms with E-state index in [1.165, 1.54) is 10.4 Å². The predicted octanol–water partition coefficient (Wildman–Crippen LogP) is 2.06. The number of nitrogens with two attached hydrogens (primary N) is 1. The van der Waals surface area contributed by atoms with Crippen LogP contribution in [0.2, 0.25) is 0 Å². The average Bonchev–Trinajstić information content (AvgIpc) is 2.69. The first-order valence-electron chi connectivity index (χ1n) is 5.46. The van der Waals surface area contributed by atoms with Crippen LogP contribution in [0.15, 0.2) is 27.6 Å². The van der Waals surface area contributed by atoms with Gasteiger partial charge >= 0.3 is 0 Å². The lowest BCUT2D eigenvalue weighted by molar-refractivity contribution is 0.464. The molecule has 1 unspecified atom stereocenters. The fourth-order valence-corrected chi connectivity index (χ4v) is 3.80. The van der Waals surface area contributed by atoms with Gasteiger partial charge in [0.25, 0.3) is 0 Å². The van der Waals surface area contributed by atoms with E-state index in [1.807, 2.05) is 0 Å². The molecule has 2 N–H and O–H groups in total. The Kier molecular flexibility index (Phi) is 3.47. The molecule has 94 valence electrons. The number of benzene rings is 1. The number of nitrogen functional groups attached to an aromatic ring is 1. The number of anilines is 1. The van der Waals surface area contributed by atoms with Gasteiger partial charge in [-0.3, -0.25) is 0 Å². The van der Waals surface area contributed by atoms with E-state index in [0.717, 1.165) is 6.42 Å². The maximum Gasteiger partial charge on any atom is 0.243 e. The maximum atomic E-state index is 12.3. The third-order valence-electron chi connectivity index (χ3n) is 2.99. The van der Waals surface area contributed by atoms with E-state index >= 15 is 0 Å². The van der Waals surface area contributed by atoms with Crippen molar-refractivity contribution in [2.75, 3.05) is 18.8 Å². The summed E-state index contributed by atoms with van der Waals surface area (Å²) in [5.74, 6) is 0.428. The van der Waals surface area contributed by atoms with Crippen LogP contribution in [0, 0.1) is 5.92 Å². The van der Waals surface area contributed by atoms with Crippen LogP contribution < -0.4 is 5.73 Å². The Morgan fingerprint density at radius 1 is 1.47 bits per heavy atom. The van der Waals surface area contributed by atoms with Gasteiger partial charge in [-0.1, -0.05) is 6.92 Å². The van der Waals surface area contributed by atoms with Crippen LogP contribution in [0.25, 0.3) is 0 Å². The quantitative estimate of drug-likeness (QED) is 0.849. The molecule has 0 amide bonds. The highest BCUT2D eigenvalue weighted by atomic mass is 79.9. The SMILES string of the molecule is CC1CCN(S(=O)(=O)c2ccc(Br)c(N)c2)C1. The minimum absolute atomic E-state index is 0.271. The number of halogens is 1. The summed E-state index contributed by atoms with van der Waals surface area (Å²) < 4.78 is 26.8. The van der Waals surface area contributed by atoms with Gasteiger partial charge < -0.3 is 5.73 Å². The van der Waals surface area contributed by atoms with Crippen molar-refractivity contribution in [3.63, 3.8) is 0 Å². The molecule has 1 aliphatic rings. The van der Waals surface area contributed by atoms with Crippen molar-refractivity contribution >= 4 is 31.6 Å². The van der Waals surface area contributed by atoms with Gasteiger partial charge in [0.1, 0.15) is 0 Å². The highest BCUT2D eigenvalue weighted by molar-refractivity contribution is 9.10. The molecule has 2 rings (SSSR count). The molecule has 1 fully saturated rings. The first-order valence-corrected chi connectivity index (χ1v) is 7.70. The Balaban J connectivity index is 2.35. The molecule has 0 spiro atoms. The molecular formula is C11H15BrN2O2S. The highest BCUT2D eigenvalue weighted by Crippen LogP contribution is 2.27. The van der Waals surface area contributed by atoms with Crippen molar-refractivity contribution in [2.24, 2.45) is 5.92 Å². The molecule has 1 aromatic carbocycles. The first kappa shape index (κ1) is 12.9. The number of nitrogens with zero attached hydrogens (tertiary/aromatic N) is 1.